The topological polar surface area (TPSA) is 46.3 Å². The van der Waals surface area contributed by atoms with E-state index in [1.165, 1.54) is 12.8 Å². The van der Waals surface area contributed by atoms with Crippen molar-refractivity contribution in [3.8, 4) is 0 Å². The number of nitrogens with two attached hydrogens (primary N) is 1. The van der Waals surface area contributed by atoms with Crippen molar-refractivity contribution in [2.24, 2.45) is 17.1 Å². The number of nitrogens with zero attached hydrogens (tertiary/aromatic N) is 1. The summed E-state index contributed by atoms with van der Waals surface area (Å²) >= 11 is 4.93. The predicted molar refractivity (Wildman–Crippen MR) is 65.5 cm³/mol. The van der Waals surface area contributed by atoms with Gasteiger partial charge in [-0.25, -0.2) is 0 Å². The summed E-state index contributed by atoms with van der Waals surface area (Å²) in [5.41, 5.74) is 4.89. The second-order valence-corrected chi connectivity index (χ2v) is 5.22. The average molecular weight is 228 g/mol. The summed E-state index contributed by atoms with van der Waals surface area (Å²) in [6, 6.07) is 0. The maximum Gasteiger partial charge on any atom is 0.235 e. The van der Waals surface area contributed by atoms with Gasteiger partial charge in [-0.2, -0.15) is 0 Å². The first kappa shape index (κ1) is 12.4. The highest BCUT2D eigenvalue weighted by atomic mass is 32.1. The Labute approximate surface area is 97.0 Å². The van der Waals surface area contributed by atoms with Gasteiger partial charge in [-0.05, 0) is 39.5 Å². The molecule has 0 aromatic heterocycles. The fourth-order valence-electron chi connectivity index (χ4n) is 1.47. The molecule has 1 aliphatic carbocycles. The van der Waals surface area contributed by atoms with Crippen LogP contribution in [0.4, 0.5) is 0 Å². The second kappa shape index (κ2) is 4.47. The van der Waals surface area contributed by atoms with Crippen LogP contribution >= 0.6 is 12.2 Å². The van der Waals surface area contributed by atoms with Crippen LogP contribution in [-0.2, 0) is 4.79 Å². The van der Waals surface area contributed by atoms with Gasteiger partial charge in [0.05, 0.1) is 10.4 Å². The monoisotopic (exact) mass is 228 g/mol. The van der Waals surface area contributed by atoms with Crippen molar-refractivity contribution < 1.29 is 4.79 Å². The zero-order chi connectivity index (χ0) is 11.6. The maximum atomic E-state index is 12.2. The number of amides is 1. The minimum absolute atomic E-state index is 0.0596. The Bertz CT molecular complexity index is 272. The first-order chi connectivity index (χ1) is 6.89. The van der Waals surface area contributed by atoms with Gasteiger partial charge in [0.15, 0.2) is 0 Å². The Hall–Kier alpha value is -0.640. The average Bonchev–Trinajstić information content (AvgIpc) is 2.96. The Morgan fingerprint density at radius 3 is 2.40 bits per heavy atom. The number of carbonyl (C=O) groups is 1. The Morgan fingerprint density at radius 2 is 2.07 bits per heavy atom. The summed E-state index contributed by atoms with van der Waals surface area (Å²) in [6.07, 6.45) is 2.49. The van der Waals surface area contributed by atoms with Crippen LogP contribution in [0.25, 0.3) is 0 Å². The lowest BCUT2D eigenvalue weighted by molar-refractivity contribution is -0.137. The molecule has 0 spiro atoms. The van der Waals surface area contributed by atoms with Crippen LogP contribution < -0.4 is 5.73 Å². The summed E-state index contributed by atoms with van der Waals surface area (Å²) in [6.45, 7) is 7.19. The summed E-state index contributed by atoms with van der Waals surface area (Å²) in [7, 11) is 0. The highest BCUT2D eigenvalue weighted by Crippen LogP contribution is 2.31. The van der Waals surface area contributed by atoms with E-state index in [1.54, 1.807) is 13.8 Å². The third-order valence-corrected chi connectivity index (χ3v) is 3.51. The highest BCUT2D eigenvalue weighted by Gasteiger charge is 2.36. The SMILES string of the molecule is CCN(CC1CC1)C(=O)C(C)(C)C(N)=S. The Morgan fingerprint density at radius 1 is 1.53 bits per heavy atom. The van der Waals surface area contributed by atoms with Crippen molar-refractivity contribution in [3.05, 3.63) is 0 Å². The molecule has 0 saturated heterocycles. The number of thiocarbonyl (C=S) groups is 1. The standard InChI is InChI=1S/C11H20N2OS/c1-4-13(7-8-5-6-8)10(14)11(2,3)9(12)15/h8H,4-7H2,1-3H3,(H2,12,15). The largest absolute Gasteiger partial charge is 0.392 e. The van der Waals surface area contributed by atoms with Gasteiger partial charge in [0.25, 0.3) is 0 Å². The van der Waals surface area contributed by atoms with E-state index in [1.807, 2.05) is 11.8 Å². The molecule has 0 aromatic rings. The second-order valence-electron chi connectivity index (χ2n) is 4.78. The molecule has 0 aromatic carbocycles. The number of hydrogen-bond donors (Lipinski definition) is 1. The molecule has 3 nitrogen and oxygen atoms in total. The van der Waals surface area contributed by atoms with E-state index in [0.29, 0.717) is 5.92 Å². The molecule has 86 valence electrons. The molecule has 0 aliphatic heterocycles. The molecule has 0 bridgehead atoms. The van der Waals surface area contributed by atoms with Gasteiger partial charge in [0, 0.05) is 13.1 Å². The van der Waals surface area contributed by atoms with E-state index in [-0.39, 0.29) is 10.9 Å². The van der Waals surface area contributed by atoms with Gasteiger partial charge in [0.2, 0.25) is 5.91 Å². The van der Waals surface area contributed by atoms with Crippen molar-refractivity contribution >= 4 is 23.1 Å². The fraction of sp³-hybridized carbons (Fsp3) is 0.818. The minimum Gasteiger partial charge on any atom is -0.392 e. The van der Waals surface area contributed by atoms with Crippen LogP contribution in [0.1, 0.15) is 33.6 Å². The maximum absolute atomic E-state index is 12.2. The molecule has 1 fully saturated rings. The molecule has 2 N–H and O–H groups in total. The Balaban J connectivity index is 2.65. The first-order valence-electron chi connectivity index (χ1n) is 5.48. The molecule has 0 atom stereocenters. The molecule has 0 radical (unpaired) electrons. The van der Waals surface area contributed by atoms with Crippen molar-refractivity contribution in [3.63, 3.8) is 0 Å². The number of hydrogen-bond acceptors (Lipinski definition) is 2. The molecular formula is C11H20N2OS. The minimum atomic E-state index is -0.708. The first-order valence-corrected chi connectivity index (χ1v) is 5.89. The summed E-state index contributed by atoms with van der Waals surface area (Å²) in [4.78, 5) is 14.3. The third kappa shape index (κ3) is 2.91. The molecule has 0 heterocycles. The van der Waals surface area contributed by atoms with E-state index in [9.17, 15) is 4.79 Å². The van der Waals surface area contributed by atoms with Gasteiger partial charge in [0.1, 0.15) is 0 Å². The molecular weight excluding hydrogens is 208 g/mol. The summed E-state index contributed by atoms with van der Waals surface area (Å²) in [5, 5.41) is 0. The van der Waals surface area contributed by atoms with Crippen LogP contribution in [0.3, 0.4) is 0 Å². The zero-order valence-electron chi connectivity index (χ0n) is 9.75. The van der Waals surface area contributed by atoms with Gasteiger partial charge in [-0.15, -0.1) is 0 Å². The molecule has 15 heavy (non-hydrogen) atoms. The van der Waals surface area contributed by atoms with Crippen molar-refractivity contribution in [1.82, 2.24) is 4.90 Å². The van der Waals surface area contributed by atoms with E-state index < -0.39 is 5.41 Å². The van der Waals surface area contributed by atoms with Gasteiger partial charge in [-0.3, -0.25) is 4.79 Å². The normalized spacial score (nSPS) is 16.2. The van der Waals surface area contributed by atoms with Crippen LogP contribution in [0.5, 0.6) is 0 Å². The van der Waals surface area contributed by atoms with Gasteiger partial charge < -0.3 is 10.6 Å². The van der Waals surface area contributed by atoms with Crippen LogP contribution in [0, 0.1) is 11.3 Å². The van der Waals surface area contributed by atoms with Gasteiger partial charge >= 0.3 is 0 Å². The predicted octanol–water partition coefficient (Wildman–Crippen LogP) is 1.56. The molecule has 1 saturated carbocycles. The van der Waals surface area contributed by atoms with Crippen molar-refractivity contribution in [1.29, 1.82) is 0 Å². The Kier molecular flexibility index (Phi) is 3.71. The molecule has 1 aliphatic rings. The van der Waals surface area contributed by atoms with Crippen LogP contribution in [0.15, 0.2) is 0 Å². The van der Waals surface area contributed by atoms with Crippen LogP contribution in [-0.4, -0.2) is 28.9 Å². The van der Waals surface area contributed by atoms with E-state index in [2.05, 4.69) is 0 Å². The van der Waals surface area contributed by atoms with Gasteiger partial charge in [-0.1, -0.05) is 12.2 Å². The molecule has 1 rings (SSSR count). The fourth-order valence-corrected chi connectivity index (χ4v) is 1.56. The lowest BCUT2D eigenvalue weighted by Gasteiger charge is -2.30. The van der Waals surface area contributed by atoms with Crippen molar-refractivity contribution in [2.45, 2.75) is 33.6 Å². The highest BCUT2D eigenvalue weighted by molar-refractivity contribution is 7.80. The summed E-state index contributed by atoms with van der Waals surface area (Å²) in [5.74, 6) is 0.764. The lowest BCUT2D eigenvalue weighted by atomic mass is 9.91. The molecule has 1 amide bonds. The number of carbonyl (C=O) groups excluding carboxylic acids is 1. The van der Waals surface area contributed by atoms with E-state index >= 15 is 0 Å². The lowest BCUT2D eigenvalue weighted by Crippen LogP contribution is -2.47. The van der Waals surface area contributed by atoms with Crippen molar-refractivity contribution in [2.75, 3.05) is 13.1 Å². The molecule has 4 heteroatoms. The summed E-state index contributed by atoms with van der Waals surface area (Å²) < 4.78 is 0. The third-order valence-electron chi connectivity index (χ3n) is 3.00. The van der Waals surface area contributed by atoms with E-state index in [0.717, 1.165) is 13.1 Å². The quantitative estimate of drug-likeness (QED) is 0.726. The number of rotatable bonds is 5. The van der Waals surface area contributed by atoms with E-state index in [4.69, 9.17) is 18.0 Å². The van der Waals surface area contributed by atoms with Crippen LogP contribution in [0.2, 0.25) is 0 Å². The molecule has 0 unspecified atom stereocenters. The zero-order valence-corrected chi connectivity index (χ0v) is 10.6. The smallest absolute Gasteiger partial charge is 0.235 e.